The van der Waals surface area contributed by atoms with E-state index in [2.05, 4.69) is 14.9 Å². The number of nitrogens with zero attached hydrogens (tertiary/aromatic N) is 3. The smallest absolute Gasteiger partial charge is 0.269 e. The summed E-state index contributed by atoms with van der Waals surface area (Å²) in [6, 6.07) is 6.11. The van der Waals surface area contributed by atoms with Crippen molar-refractivity contribution in [3.63, 3.8) is 0 Å². The second-order valence-corrected chi connectivity index (χ2v) is 7.45. The second-order valence-electron chi connectivity index (χ2n) is 4.76. The van der Waals surface area contributed by atoms with Crippen LogP contribution in [0, 0.1) is 6.92 Å². The van der Waals surface area contributed by atoms with Crippen molar-refractivity contribution in [2.24, 2.45) is 0 Å². The first-order chi connectivity index (χ1) is 10.9. The SMILES string of the molecule is CCN(CC)S(=O)(=O)c1ccc(NC(=O)c2snnc2C)cc1. The summed E-state index contributed by atoms with van der Waals surface area (Å²) in [4.78, 5) is 12.7. The van der Waals surface area contributed by atoms with Crippen LogP contribution in [0.25, 0.3) is 0 Å². The lowest BCUT2D eigenvalue weighted by molar-refractivity contribution is 0.103. The molecule has 7 nitrogen and oxygen atoms in total. The third-order valence-corrected chi connectivity index (χ3v) is 6.20. The molecule has 0 radical (unpaired) electrons. The van der Waals surface area contributed by atoms with E-state index in [-0.39, 0.29) is 10.8 Å². The van der Waals surface area contributed by atoms with Gasteiger partial charge in [0.25, 0.3) is 5.91 Å². The number of amides is 1. The molecule has 0 fully saturated rings. The van der Waals surface area contributed by atoms with Crippen LogP contribution in [0.15, 0.2) is 29.2 Å². The molecule has 0 spiro atoms. The van der Waals surface area contributed by atoms with Crippen LogP contribution in [-0.4, -0.2) is 41.3 Å². The Morgan fingerprint density at radius 1 is 1.22 bits per heavy atom. The molecule has 1 N–H and O–H groups in total. The number of aryl methyl sites for hydroxylation is 1. The summed E-state index contributed by atoms with van der Waals surface area (Å²) in [5.41, 5.74) is 1.08. The summed E-state index contributed by atoms with van der Waals surface area (Å²) in [5.74, 6) is -0.308. The fraction of sp³-hybridized carbons (Fsp3) is 0.357. The Labute approximate surface area is 139 Å². The summed E-state index contributed by atoms with van der Waals surface area (Å²) >= 11 is 1.02. The monoisotopic (exact) mass is 354 g/mol. The fourth-order valence-electron chi connectivity index (χ4n) is 2.05. The molecule has 0 aliphatic rings. The highest BCUT2D eigenvalue weighted by Gasteiger charge is 2.21. The number of hydrogen-bond donors (Lipinski definition) is 1. The average molecular weight is 354 g/mol. The maximum absolute atomic E-state index is 12.4. The first kappa shape index (κ1) is 17.5. The average Bonchev–Trinajstić information content (AvgIpc) is 2.95. The van der Waals surface area contributed by atoms with Gasteiger partial charge in [0.2, 0.25) is 10.0 Å². The number of rotatable bonds is 6. The van der Waals surface area contributed by atoms with E-state index in [4.69, 9.17) is 0 Å². The topological polar surface area (TPSA) is 92.3 Å². The molecule has 0 saturated carbocycles. The van der Waals surface area contributed by atoms with Crippen LogP contribution < -0.4 is 5.32 Å². The van der Waals surface area contributed by atoms with Crippen molar-refractivity contribution in [3.8, 4) is 0 Å². The van der Waals surface area contributed by atoms with Gasteiger partial charge in [-0.15, -0.1) is 5.10 Å². The zero-order valence-corrected chi connectivity index (χ0v) is 14.7. The van der Waals surface area contributed by atoms with Gasteiger partial charge in [0, 0.05) is 18.8 Å². The summed E-state index contributed by atoms with van der Waals surface area (Å²) in [6.45, 7) is 6.12. The molecule has 2 rings (SSSR count). The molecule has 2 aromatic rings. The van der Waals surface area contributed by atoms with Crippen molar-refractivity contribution in [3.05, 3.63) is 34.8 Å². The molecular formula is C14H18N4O3S2. The van der Waals surface area contributed by atoms with Crippen molar-refractivity contribution < 1.29 is 13.2 Å². The number of hydrogen-bond acceptors (Lipinski definition) is 6. The lowest BCUT2D eigenvalue weighted by Gasteiger charge is -2.18. The minimum atomic E-state index is -3.49. The van der Waals surface area contributed by atoms with Crippen LogP contribution >= 0.6 is 11.5 Å². The zero-order valence-electron chi connectivity index (χ0n) is 13.1. The molecule has 1 aromatic heterocycles. The highest BCUT2D eigenvalue weighted by atomic mass is 32.2. The minimum absolute atomic E-state index is 0.204. The van der Waals surface area contributed by atoms with E-state index < -0.39 is 10.0 Å². The van der Waals surface area contributed by atoms with Gasteiger partial charge in [-0.2, -0.15) is 4.31 Å². The van der Waals surface area contributed by atoms with Gasteiger partial charge >= 0.3 is 0 Å². The molecule has 0 atom stereocenters. The van der Waals surface area contributed by atoms with Gasteiger partial charge in [0.15, 0.2) is 0 Å². The van der Waals surface area contributed by atoms with Gasteiger partial charge in [0.05, 0.1) is 10.6 Å². The molecule has 0 unspecified atom stereocenters. The van der Waals surface area contributed by atoms with Crippen LogP contribution in [0.4, 0.5) is 5.69 Å². The van der Waals surface area contributed by atoms with E-state index >= 15 is 0 Å². The summed E-state index contributed by atoms with van der Waals surface area (Å²) in [7, 11) is -3.49. The molecule has 0 aliphatic heterocycles. The quantitative estimate of drug-likeness (QED) is 0.858. The Hall–Kier alpha value is -1.84. The fourth-order valence-corrected chi connectivity index (χ4v) is 4.06. The Balaban J connectivity index is 2.17. The molecule has 1 amide bonds. The molecule has 0 bridgehead atoms. The van der Waals surface area contributed by atoms with Crippen LogP contribution in [0.1, 0.15) is 29.2 Å². The maximum Gasteiger partial charge on any atom is 0.269 e. The largest absolute Gasteiger partial charge is 0.321 e. The van der Waals surface area contributed by atoms with E-state index in [0.29, 0.717) is 29.3 Å². The molecule has 9 heteroatoms. The van der Waals surface area contributed by atoms with Gasteiger partial charge < -0.3 is 5.32 Å². The van der Waals surface area contributed by atoms with Crippen molar-refractivity contribution >= 4 is 33.2 Å². The van der Waals surface area contributed by atoms with Gasteiger partial charge in [-0.05, 0) is 42.7 Å². The van der Waals surface area contributed by atoms with Crippen LogP contribution in [0.2, 0.25) is 0 Å². The van der Waals surface area contributed by atoms with E-state index in [1.807, 2.05) is 0 Å². The zero-order chi connectivity index (χ0) is 17.0. The molecular weight excluding hydrogens is 336 g/mol. The van der Waals surface area contributed by atoms with Crippen molar-refractivity contribution in [1.29, 1.82) is 0 Å². The number of carbonyl (C=O) groups excluding carboxylic acids is 1. The number of aromatic nitrogens is 2. The number of anilines is 1. The third kappa shape index (κ3) is 3.74. The van der Waals surface area contributed by atoms with E-state index in [1.54, 1.807) is 32.9 Å². The van der Waals surface area contributed by atoms with Crippen LogP contribution in [0.3, 0.4) is 0 Å². The lowest BCUT2D eigenvalue weighted by atomic mass is 10.3. The second kappa shape index (κ2) is 7.16. The predicted molar refractivity (Wildman–Crippen MR) is 89.1 cm³/mol. The van der Waals surface area contributed by atoms with Crippen molar-refractivity contribution in [2.75, 3.05) is 18.4 Å². The Kier molecular flexibility index (Phi) is 5.45. The minimum Gasteiger partial charge on any atom is -0.321 e. The first-order valence-electron chi connectivity index (χ1n) is 7.10. The summed E-state index contributed by atoms with van der Waals surface area (Å²) < 4.78 is 29.9. The molecule has 23 heavy (non-hydrogen) atoms. The van der Waals surface area contributed by atoms with E-state index in [9.17, 15) is 13.2 Å². The molecule has 0 saturated heterocycles. The maximum atomic E-state index is 12.4. The lowest BCUT2D eigenvalue weighted by Crippen LogP contribution is -2.30. The van der Waals surface area contributed by atoms with E-state index in [0.717, 1.165) is 11.5 Å². The molecule has 1 heterocycles. The van der Waals surface area contributed by atoms with E-state index in [1.165, 1.54) is 16.4 Å². The first-order valence-corrected chi connectivity index (χ1v) is 9.32. The normalized spacial score (nSPS) is 11.7. The standard InChI is InChI=1S/C14H18N4O3S2/c1-4-18(5-2)23(20,21)12-8-6-11(7-9-12)15-14(19)13-10(3)16-17-22-13/h6-9H,4-5H2,1-3H3,(H,15,19). The Morgan fingerprint density at radius 2 is 1.83 bits per heavy atom. The third-order valence-electron chi connectivity index (χ3n) is 3.31. The molecule has 1 aromatic carbocycles. The molecule has 124 valence electrons. The van der Waals surface area contributed by atoms with Crippen molar-refractivity contribution in [2.45, 2.75) is 25.7 Å². The van der Waals surface area contributed by atoms with Crippen molar-refractivity contribution in [1.82, 2.24) is 13.9 Å². The highest BCUT2D eigenvalue weighted by Crippen LogP contribution is 2.19. The number of carbonyl (C=O) groups is 1. The van der Waals surface area contributed by atoms with Crippen LogP contribution in [0.5, 0.6) is 0 Å². The van der Waals surface area contributed by atoms with Gasteiger partial charge in [-0.1, -0.05) is 18.3 Å². The molecule has 0 aliphatic carbocycles. The van der Waals surface area contributed by atoms with Gasteiger partial charge in [0.1, 0.15) is 4.88 Å². The van der Waals surface area contributed by atoms with Gasteiger partial charge in [-0.3, -0.25) is 4.79 Å². The Bertz CT molecular complexity index is 781. The number of nitrogens with one attached hydrogen (secondary N) is 1. The summed E-state index contributed by atoms with van der Waals surface area (Å²) in [5, 5.41) is 6.49. The summed E-state index contributed by atoms with van der Waals surface area (Å²) in [6.07, 6.45) is 0. The number of benzene rings is 1. The van der Waals surface area contributed by atoms with Gasteiger partial charge in [-0.25, -0.2) is 8.42 Å². The predicted octanol–water partition coefficient (Wildman–Crippen LogP) is 2.13. The highest BCUT2D eigenvalue weighted by molar-refractivity contribution is 7.89. The number of sulfonamides is 1. The van der Waals surface area contributed by atoms with Crippen LogP contribution in [-0.2, 0) is 10.0 Å². The Morgan fingerprint density at radius 3 is 2.30 bits per heavy atom.